The van der Waals surface area contributed by atoms with Gasteiger partial charge in [0.2, 0.25) is 6.08 Å². The van der Waals surface area contributed by atoms with Crippen LogP contribution in [0.25, 0.3) is 0 Å². The SMILES string of the molecule is CC.CN=C=O.c1ccc(Cc2ccccc2)cc1. The van der Waals surface area contributed by atoms with Crippen molar-refractivity contribution in [3.8, 4) is 0 Å². The monoisotopic (exact) mass is 255 g/mol. The van der Waals surface area contributed by atoms with E-state index in [9.17, 15) is 0 Å². The largest absolute Gasteiger partial charge is 0.234 e. The zero-order valence-electron chi connectivity index (χ0n) is 11.8. The zero-order valence-corrected chi connectivity index (χ0v) is 11.8. The predicted octanol–water partition coefficient (Wildman–Crippen LogP) is 4.26. The van der Waals surface area contributed by atoms with Gasteiger partial charge in [0.15, 0.2) is 0 Å². The summed E-state index contributed by atoms with van der Waals surface area (Å²) < 4.78 is 0. The summed E-state index contributed by atoms with van der Waals surface area (Å²) in [5, 5.41) is 0. The Labute approximate surface area is 115 Å². The van der Waals surface area contributed by atoms with Crippen molar-refractivity contribution >= 4 is 6.08 Å². The van der Waals surface area contributed by atoms with Crippen LogP contribution in [0.5, 0.6) is 0 Å². The minimum absolute atomic E-state index is 1.03. The topological polar surface area (TPSA) is 29.4 Å². The molecule has 0 saturated heterocycles. The molecule has 2 rings (SSSR count). The Morgan fingerprint density at radius 2 is 1.16 bits per heavy atom. The molecule has 19 heavy (non-hydrogen) atoms. The number of carbonyl (C=O) groups excluding carboxylic acids is 1. The van der Waals surface area contributed by atoms with Crippen LogP contribution in [0.15, 0.2) is 65.7 Å². The summed E-state index contributed by atoms with van der Waals surface area (Å²) in [6.07, 6.45) is 2.34. The lowest BCUT2D eigenvalue weighted by atomic mass is 10.1. The van der Waals surface area contributed by atoms with E-state index in [4.69, 9.17) is 4.79 Å². The van der Waals surface area contributed by atoms with Crippen LogP contribution >= 0.6 is 0 Å². The first-order chi connectivity index (χ1) is 9.36. The number of hydrogen-bond acceptors (Lipinski definition) is 2. The summed E-state index contributed by atoms with van der Waals surface area (Å²) in [6, 6.07) is 21.1. The van der Waals surface area contributed by atoms with Gasteiger partial charge >= 0.3 is 0 Å². The highest BCUT2D eigenvalue weighted by molar-refractivity contribution is 5.32. The van der Waals surface area contributed by atoms with Crippen molar-refractivity contribution in [3.63, 3.8) is 0 Å². The summed E-state index contributed by atoms with van der Waals surface area (Å²) in [4.78, 5) is 11.8. The molecule has 0 aromatic heterocycles. The molecule has 0 unspecified atom stereocenters. The maximum absolute atomic E-state index is 8.88. The van der Waals surface area contributed by atoms with Crippen molar-refractivity contribution < 1.29 is 4.79 Å². The molecule has 0 heterocycles. The van der Waals surface area contributed by atoms with Crippen LogP contribution in [-0.2, 0) is 11.2 Å². The molecule has 100 valence electrons. The van der Waals surface area contributed by atoms with E-state index in [1.807, 2.05) is 13.8 Å². The lowest BCUT2D eigenvalue weighted by Crippen LogP contribution is -1.85. The van der Waals surface area contributed by atoms with E-state index in [1.54, 1.807) is 0 Å². The summed E-state index contributed by atoms with van der Waals surface area (Å²) in [7, 11) is 1.38. The van der Waals surface area contributed by atoms with Crippen LogP contribution in [-0.4, -0.2) is 13.1 Å². The molecule has 2 nitrogen and oxygen atoms in total. The molecule has 0 spiro atoms. The lowest BCUT2D eigenvalue weighted by Gasteiger charge is -2.00. The van der Waals surface area contributed by atoms with E-state index in [1.165, 1.54) is 24.3 Å². The number of benzene rings is 2. The second-order valence-electron chi connectivity index (χ2n) is 3.46. The third kappa shape index (κ3) is 8.53. The lowest BCUT2D eigenvalue weighted by molar-refractivity contribution is 0.564. The van der Waals surface area contributed by atoms with Gasteiger partial charge in [0.25, 0.3) is 0 Å². The van der Waals surface area contributed by atoms with Crippen LogP contribution in [0.1, 0.15) is 25.0 Å². The van der Waals surface area contributed by atoms with Crippen LogP contribution in [0, 0.1) is 0 Å². The molecule has 0 amide bonds. The van der Waals surface area contributed by atoms with Crippen LogP contribution < -0.4 is 0 Å². The molecular weight excluding hydrogens is 234 g/mol. The molecule has 2 aromatic rings. The number of isocyanates is 1. The second-order valence-corrected chi connectivity index (χ2v) is 3.46. The smallest absolute Gasteiger partial charge is 0.211 e. The van der Waals surface area contributed by atoms with Gasteiger partial charge in [-0.3, -0.25) is 0 Å². The fourth-order valence-corrected chi connectivity index (χ4v) is 1.43. The number of aliphatic imine (C=N–C) groups is 1. The Kier molecular flexibility index (Phi) is 10.9. The van der Waals surface area contributed by atoms with E-state index >= 15 is 0 Å². The van der Waals surface area contributed by atoms with Gasteiger partial charge < -0.3 is 0 Å². The highest BCUT2D eigenvalue weighted by Crippen LogP contribution is 2.07. The van der Waals surface area contributed by atoms with Gasteiger partial charge in [-0.05, 0) is 17.5 Å². The average Bonchev–Trinajstić information content (AvgIpc) is 2.52. The number of rotatable bonds is 2. The molecule has 0 aliphatic heterocycles. The van der Waals surface area contributed by atoms with Gasteiger partial charge in [-0.15, -0.1) is 0 Å². The molecule has 0 aliphatic rings. The highest BCUT2D eigenvalue weighted by Gasteiger charge is 1.92. The Bertz CT molecular complexity index is 422. The maximum atomic E-state index is 8.88. The molecule has 2 heteroatoms. The standard InChI is InChI=1S/C13H12.C2H3NO.C2H6/c1-3-7-12(8-4-1)11-13-9-5-2-6-10-13;1-3-2-4;1-2/h1-10H,11H2;1H3;1-2H3. The molecule has 0 bridgehead atoms. The van der Waals surface area contributed by atoms with E-state index in [0.29, 0.717) is 0 Å². The number of hydrogen-bond donors (Lipinski definition) is 0. The quantitative estimate of drug-likeness (QED) is 0.582. The van der Waals surface area contributed by atoms with Crippen molar-refractivity contribution in [2.24, 2.45) is 4.99 Å². The molecule has 0 aliphatic carbocycles. The van der Waals surface area contributed by atoms with Crippen molar-refractivity contribution in [1.82, 2.24) is 0 Å². The first kappa shape index (κ1) is 16.8. The Morgan fingerprint density at radius 3 is 1.42 bits per heavy atom. The zero-order chi connectivity index (χ0) is 14.3. The molecule has 0 saturated carbocycles. The molecule has 0 fully saturated rings. The number of nitrogens with zero attached hydrogens (tertiary/aromatic N) is 1. The Morgan fingerprint density at radius 1 is 0.842 bits per heavy atom. The van der Waals surface area contributed by atoms with Gasteiger partial charge in [-0.1, -0.05) is 74.5 Å². The maximum Gasteiger partial charge on any atom is 0.234 e. The minimum Gasteiger partial charge on any atom is -0.211 e. The first-order valence-electron chi connectivity index (χ1n) is 6.40. The fourth-order valence-electron chi connectivity index (χ4n) is 1.43. The van der Waals surface area contributed by atoms with E-state index in [2.05, 4.69) is 65.7 Å². The summed E-state index contributed by atoms with van der Waals surface area (Å²) in [5.41, 5.74) is 2.74. The summed E-state index contributed by atoms with van der Waals surface area (Å²) in [6.45, 7) is 4.00. The molecule has 2 aromatic carbocycles. The van der Waals surface area contributed by atoms with Crippen molar-refractivity contribution in [2.45, 2.75) is 20.3 Å². The molecule has 0 atom stereocenters. The fraction of sp³-hybridized carbons (Fsp3) is 0.235. The molecule has 0 radical (unpaired) electrons. The van der Waals surface area contributed by atoms with E-state index < -0.39 is 0 Å². The Hall–Kier alpha value is -2.18. The summed E-state index contributed by atoms with van der Waals surface area (Å²) in [5.74, 6) is 0. The highest BCUT2D eigenvalue weighted by atomic mass is 16.1. The molecular formula is C17H21NO. The second kappa shape index (κ2) is 12.3. The predicted molar refractivity (Wildman–Crippen MR) is 81.1 cm³/mol. The first-order valence-corrected chi connectivity index (χ1v) is 6.40. The van der Waals surface area contributed by atoms with Gasteiger partial charge in [-0.2, -0.15) is 0 Å². The summed E-state index contributed by atoms with van der Waals surface area (Å²) >= 11 is 0. The van der Waals surface area contributed by atoms with E-state index in [0.717, 1.165) is 6.42 Å². The van der Waals surface area contributed by atoms with Gasteiger partial charge in [0.1, 0.15) is 0 Å². The third-order valence-electron chi connectivity index (χ3n) is 2.19. The van der Waals surface area contributed by atoms with Crippen molar-refractivity contribution in [2.75, 3.05) is 7.05 Å². The van der Waals surface area contributed by atoms with Gasteiger partial charge in [-0.25, -0.2) is 9.79 Å². The normalized spacial score (nSPS) is 7.95. The van der Waals surface area contributed by atoms with Crippen molar-refractivity contribution in [1.29, 1.82) is 0 Å². The van der Waals surface area contributed by atoms with Gasteiger partial charge in [0.05, 0.1) is 0 Å². The van der Waals surface area contributed by atoms with Crippen molar-refractivity contribution in [3.05, 3.63) is 71.8 Å². The van der Waals surface area contributed by atoms with Crippen LogP contribution in [0.4, 0.5) is 0 Å². The average molecular weight is 255 g/mol. The van der Waals surface area contributed by atoms with Gasteiger partial charge in [0, 0.05) is 7.05 Å². The Balaban J connectivity index is 0.000000467. The third-order valence-corrected chi connectivity index (χ3v) is 2.19. The van der Waals surface area contributed by atoms with E-state index in [-0.39, 0.29) is 0 Å². The van der Waals surface area contributed by atoms with Crippen LogP contribution in [0.2, 0.25) is 0 Å². The molecule has 0 N–H and O–H groups in total. The minimum atomic E-state index is 1.03. The van der Waals surface area contributed by atoms with Crippen LogP contribution in [0.3, 0.4) is 0 Å².